The van der Waals surface area contributed by atoms with E-state index in [2.05, 4.69) is 15.3 Å². The maximum atomic E-state index is 12.7. The Labute approximate surface area is 152 Å². The standard InChI is InChI=1S/C20H23N5O/c1-14-13-25-18(19(21-14)24-10-6-7-11-24)12-17(23-25)20(26)22-15(2)16-8-4-3-5-9-16/h3-5,8-9,12-13,15H,6-7,10-11H2,1-2H3,(H,22,26). The Morgan fingerprint density at radius 1 is 1.19 bits per heavy atom. The van der Waals surface area contributed by atoms with E-state index < -0.39 is 0 Å². The molecule has 3 aromatic rings. The van der Waals surface area contributed by atoms with Crippen molar-refractivity contribution in [3.05, 3.63) is 59.5 Å². The molecular formula is C20H23N5O. The van der Waals surface area contributed by atoms with E-state index in [1.54, 1.807) is 4.52 Å². The van der Waals surface area contributed by atoms with Crippen LogP contribution in [0.5, 0.6) is 0 Å². The van der Waals surface area contributed by atoms with Crippen molar-refractivity contribution >= 4 is 17.2 Å². The fraction of sp³-hybridized carbons (Fsp3) is 0.350. The first kappa shape index (κ1) is 16.6. The summed E-state index contributed by atoms with van der Waals surface area (Å²) in [5, 5.41) is 7.52. The lowest BCUT2D eigenvalue weighted by Crippen LogP contribution is -2.27. The first-order valence-corrected chi connectivity index (χ1v) is 9.09. The van der Waals surface area contributed by atoms with Gasteiger partial charge in [0.2, 0.25) is 0 Å². The van der Waals surface area contributed by atoms with Gasteiger partial charge in [-0.3, -0.25) is 4.79 Å². The molecule has 2 aromatic heterocycles. The van der Waals surface area contributed by atoms with Crippen molar-refractivity contribution in [2.75, 3.05) is 18.0 Å². The van der Waals surface area contributed by atoms with Gasteiger partial charge >= 0.3 is 0 Å². The van der Waals surface area contributed by atoms with Crippen LogP contribution in [0.25, 0.3) is 5.52 Å². The lowest BCUT2D eigenvalue weighted by atomic mass is 10.1. The second-order valence-electron chi connectivity index (χ2n) is 6.87. The highest BCUT2D eigenvalue weighted by molar-refractivity contribution is 5.94. The SMILES string of the molecule is Cc1cn2nc(C(=O)NC(C)c3ccccc3)cc2c(N2CCCC2)n1. The van der Waals surface area contributed by atoms with Crippen LogP contribution in [-0.2, 0) is 0 Å². The van der Waals surface area contributed by atoms with Crippen LogP contribution < -0.4 is 10.2 Å². The van der Waals surface area contributed by atoms with Crippen LogP contribution >= 0.6 is 0 Å². The summed E-state index contributed by atoms with van der Waals surface area (Å²) in [6.07, 6.45) is 4.22. The molecule has 3 heterocycles. The molecule has 0 spiro atoms. The van der Waals surface area contributed by atoms with Crippen molar-refractivity contribution in [3.8, 4) is 0 Å². The van der Waals surface area contributed by atoms with Gasteiger partial charge in [0.25, 0.3) is 5.91 Å². The Balaban J connectivity index is 1.62. The smallest absolute Gasteiger partial charge is 0.272 e. The summed E-state index contributed by atoms with van der Waals surface area (Å²) in [7, 11) is 0. The van der Waals surface area contributed by atoms with E-state index in [1.807, 2.05) is 56.4 Å². The predicted octanol–water partition coefficient (Wildman–Crippen LogP) is 3.13. The summed E-state index contributed by atoms with van der Waals surface area (Å²) in [6, 6.07) is 11.7. The first-order chi connectivity index (χ1) is 12.6. The topological polar surface area (TPSA) is 62.5 Å². The highest BCUT2D eigenvalue weighted by atomic mass is 16.2. The molecule has 1 N–H and O–H groups in total. The largest absolute Gasteiger partial charge is 0.355 e. The Kier molecular flexibility index (Phi) is 4.32. The number of nitrogens with zero attached hydrogens (tertiary/aromatic N) is 4. The van der Waals surface area contributed by atoms with Gasteiger partial charge in [-0.05, 0) is 32.3 Å². The third-order valence-electron chi connectivity index (χ3n) is 4.84. The number of benzene rings is 1. The highest BCUT2D eigenvalue weighted by Crippen LogP contribution is 2.24. The molecule has 1 unspecified atom stereocenters. The summed E-state index contributed by atoms with van der Waals surface area (Å²) >= 11 is 0. The van der Waals surface area contributed by atoms with Crippen LogP contribution in [-0.4, -0.2) is 33.6 Å². The Bertz CT molecular complexity index is 928. The molecule has 4 rings (SSSR count). The summed E-state index contributed by atoms with van der Waals surface area (Å²) < 4.78 is 1.78. The van der Waals surface area contributed by atoms with Crippen LogP contribution in [0.3, 0.4) is 0 Å². The molecule has 0 aliphatic carbocycles. The summed E-state index contributed by atoms with van der Waals surface area (Å²) in [5.74, 6) is 0.750. The molecular weight excluding hydrogens is 326 g/mol. The normalized spacial score (nSPS) is 15.4. The zero-order valence-corrected chi connectivity index (χ0v) is 15.1. The van der Waals surface area contributed by atoms with Crippen LogP contribution in [0.2, 0.25) is 0 Å². The van der Waals surface area contributed by atoms with Crippen molar-refractivity contribution < 1.29 is 4.79 Å². The van der Waals surface area contributed by atoms with E-state index in [0.29, 0.717) is 5.69 Å². The Morgan fingerprint density at radius 2 is 1.92 bits per heavy atom. The number of hydrogen-bond acceptors (Lipinski definition) is 4. The molecule has 1 aromatic carbocycles. The number of fused-ring (bicyclic) bond motifs is 1. The molecule has 1 atom stereocenters. The molecule has 6 heteroatoms. The minimum atomic E-state index is -0.171. The van der Waals surface area contributed by atoms with Gasteiger partial charge in [-0.2, -0.15) is 5.10 Å². The Hall–Kier alpha value is -2.89. The van der Waals surface area contributed by atoms with Crippen molar-refractivity contribution in [2.24, 2.45) is 0 Å². The molecule has 0 saturated carbocycles. The lowest BCUT2D eigenvalue weighted by Gasteiger charge is -2.17. The summed E-state index contributed by atoms with van der Waals surface area (Å²) in [4.78, 5) is 19.7. The second-order valence-corrected chi connectivity index (χ2v) is 6.87. The van der Waals surface area contributed by atoms with Gasteiger partial charge in [0, 0.05) is 19.2 Å². The minimum absolute atomic E-state index is 0.0774. The van der Waals surface area contributed by atoms with Gasteiger partial charge in [-0.1, -0.05) is 30.3 Å². The van der Waals surface area contributed by atoms with Crippen LogP contribution in [0.15, 0.2) is 42.6 Å². The summed E-state index contributed by atoms with van der Waals surface area (Å²) in [6.45, 7) is 5.94. The minimum Gasteiger partial charge on any atom is -0.355 e. The van der Waals surface area contributed by atoms with Gasteiger partial charge in [0.1, 0.15) is 5.52 Å². The number of anilines is 1. The van der Waals surface area contributed by atoms with E-state index in [1.165, 1.54) is 12.8 Å². The molecule has 0 bridgehead atoms. The van der Waals surface area contributed by atoms with Gasteiger partial charge in [-0.15, -0.1) is 0 Å². The Morgan fingerprint density at radius 3 is 2.65 bits per heavy atom. The van der Waals surface area contributed by atoms with E-state index in [9.17, 15) is 4.79 Å². The lowest BCUT2D eigenvalue weighted by molar-refractivity contribution is 0.0934. The monoisotopic (exact) mass is 349 g/mol. The zero-order valence-electron chi connectivity index (χ0n) is 15.1. The summed E-state index contributed by atoms with van der Waals surface area (Å²) in [5.41, 5.74) is 3.27. The third kappa shape index (κ3) is 3.14. The molecule has 1 aliphatic rings. The van der Waals surface area contributed by atoms with Gasteiger partial charge < -0.3 is 10.2 Å². The van der Waals surface area contributed by atoms with E-state index in [0.717, 1.165) is 35.7 Å². The molecule has 0 radical (unpaired) electrons. The fourth-order valence-corrected chi connectivity index (χ4v) is 3.46. The number of aryl methyl sites for hydroxylation is 1. The average molecular weight is 349 g/mol. The predicted molar refractivity (Wildman–Crippen MR) is 101 cm³/mol. The van der Waals surface area contributed by atoms with Crippen LogP contribution in [0.4, 0.5) is 5.82 Å². The van der Waals surface area contributed by atoms with Gasteiger partial charge in [-0.25, -0.2) is 9.50 Å². The third-order valence-corrected chi connectivity index (χ3v) is 4.84. The quantitative estimate of drug-likeness (QED) is 0.786. The van der Waals surface area contributed by atoms with Gasteiger partial charge in [0.05, 0.1) is 17.9 Å². The molecule has 1 aliphatic heterocycles. The average Bonchev–Trinajstić information content (AvgIpc) is 3.31. The van der Waals surface area contributed by atoms with Crippen molar-refractivity contribution in [1.82, 2.24) is 19.9 Å². The van der Waals surface area contributed by atoms with E-state index in [4.69, 9.17) is 4.98 Å². The molecule has 1 amide bonds. The molecule has 1 saturated heterocycles. The molecule has 134 valence electrons. The number of aromatic nitrogens is 3. The number of carbonyl (C=O) groups is 1. The maximum absolute atomic E-state index is 12.7. The second kappa shape index (κ2) is 6.78. The van der Waals surface area contributed by atoms with E-state index >= 15 is 0 Å². The fourth-order valence-electron chi connectivity index (χ4n) is 3.46. The van der Waals surface area contributed by atoms with Crippen molar-refractivity contribution in [3.63, 3.8) is 0 Å². The maximum Gasteiger partial charge on any atom is 0.272 e. The molecule has 1 fully saturated rings. The van der Waals surface area contributed by atoms with Crippen molar-refractivity contribution in [2.45, 2.75) is 32.7 Å². The first-order valence-electron chi connectivity index (χ1n) is 9.09. The highest BCUT2D eigenvalue weighted by Gasteiger charge is 2.21. The number of rotatable bonds is 4. The molecule has 26 heavy (non-hydrogen) atoms. The number of nitrogens with one attached hydrogen (secondary N) is 1. The zero-order chi connectivity index (χ0) is 18.1. The van der Waals surface area contributed by atoms with E-state index in [-0.39, 0.29) is 11.9 Å². The number of amides is 1. The number of carbonyl (C=O) groups excluding carboxylic acids is 1. The van der Waals surface area contributed by atoms with Gasteiger partial charge in [0.15, 0.2) is 11.5 Å². The molecule has 6 nitrogen and oxygen atoms in total. The van der Waals surface area contributed by atoms with Crippen molar-refractivity contribution in [1.29, 1.82) is 0 Å². The van der Waals surface area contributed by atoms with Crippen LogP contribution in [0, 0.1) is 6.92 Å². The van der Waals surface area contributed by atoms with Crippen LogP contribution in [0.1, 0.15) is 47.6 Å². The number of hydrogen-bond donors (Lipinski definition) is 1.